The number of hydrogen-bond donors (Lipinski definition) is 1. The zero-order chi connectivity index (χ0) is 13.9. The molecule has 0 radical (unpaired) electrons. The van der Waals surface area contributed by atoms with Gasteiger partial charge in [0, 0.05) is 18.8 Å². The minimum absolute atomic E-state index is 0.256. The minimum Gasteiger partial charge on any atom is -0.491 e. The fraction of sp³-hybridized carbons (Fsp3) is 0.250. The van der Waals surface area contributed by atoms with E-state index in [1.807, 2.05) is 24.3 Å². The van der Waals surface area contributed by atoms with Gasteiger partial charge in [-0.3, -0.25) is 0 Å². The van der Waals surface area contributed by atoms with Crippen molar-refractivity contribution in [1.82, 2.24) is 0 Å². The second-order valence-electron chi connectivity index (χ2n) is 4.80. The van der Waals surface area contributed by atoms with Gasteiger partial charge in [-0.05, 0) is 42.3 Å². The number of benzene rings is 2. The molecule has 0 saturated heterocycles. The van der Waals surface area contributed by atoms with Gasteiger partial charge < -0.3 is 15.4 Å². The molecule has 0 amide bonds. The van der Waals surface area contributed by atoms with E-state index in [-0.39, 0.29) is 5.82 Å². The van der Waals surface area contributed by atoms with Crippen LogP contribution in [0.25, 0.3) is 0 Å². The standard InChI is InChI=1S/C16H17FN2O/c17-13-6-7-14(12(10-13)11-18)19-8-3-9-20-16-5-2-1-4-15(16)19/h1-2,4-7,10H,3,8-9,11,18H2. The maximum atomic E-state index is 13.4. The lowest BCUT2D eigenvalue weighted by Crippen LogP contribution is -2.20. The van der Waals surface area contributed by atoms with Crippen LogP contribution in [0.15, 0.2) is 42.5 Å². The number of anilines is 2. The third kappa shape index (κ3) is 2.34. The van der Waals surface area contributed by atoms with E-state index < -0.39 is 0 Å². The van der Waals surface area contributed by atoms with Crippen LogP contribution in [0.2, 0.25) is 0 Å². The topological polar surface area (TPSA) is 38.5 Å². The van der Waals surface area contributed by atoms with E-state index in [4.69, 9.17) is 10.5 Å². The van der Waals surface area contributed by atoms with E-state index in [1.54, 1.807) is 6.07 Å². The van der Waals surface area contributed by atoms with E-state index in [0.717, 1.165) is 35.7 Å². The first kappa shape index (κ1) is 12.9. The number of halogens is 1. The van der Waals surface area contributed by atoms with Crippen LogP contribution in [0, 0.1) is 5.82 Å². The van der Waals surface area contributed by atoms with Crippen molar-refractivity contribution in [2.75, 3.05) is 18.1 Å². The van der Waals surface area contributed by atoms with E-state index in [9.17, 15) is 4.39 Å². The molecule has 0 spiro atoms. The number of nitrogens with two attached hydrogens (primary N) is 1. The van der Waals surface area contributed by atoms with Crippen molar-refractivity contribution >= 4 is 11.4 Å². The van der Waals surface area contributed by atoms with Crippen molar-refractivity contribution in [3.8, 4) is 5.75 Å². The lowest BCUT2D eigenvalue weighted by Gasteiger charge is -2.26. The Morgan fingerprint density at radius 2 is 2.00 bits per heavy atom. The molecule has 0 fully saturated rings. The van der Waals surface area contributed by atoms with E-state index in [1.165, 1.54) is 12.1 Å². The van der Waals surface area contributed by atoms with Crippen molar-refractivity contribution in [1.29, 1.82) is 0 Å². The predicted molar refractivity (Wildman–Crippen MR) is 77.9 cm³/mol. The summed E-state index contributed by atoms with van der Waals surface area (Å²) in [5.41, 5.74) is 8.52. The number of para-hydroxylation sites is 2. The molecule has 0 unspecified atom stereocenters. The van der Waals surface area contributed by atoms with Gasteiger partial charge in [0.2, 0.25) is 0 Å². The maximum Gasteiger partial charge on any atom is 0.142 e. The average Bonchev–Trinajstić information content (AvgIpc) is 2.69. The first-order chi connectivity index (χ1) is 9.79. The number of fused-ring (bicyclic) bond motifs is 1. The normalized spacial score (nSPS) is 14.4. The van der Waals surface area contributed by atoms with Gasteiger partial charge in [0.25, 0.3) is 0 Å². The van der Waals surface area contributed by atoms with Gasteiger partial charge in [-0.15, -0.1) is 0 Å². The van der Waals surface area contributed by atoms with Gasteiger partial charge in [0.1, 0.15) is 11.6 Å². The van der Waals surface area contributed by atoms with Crippen LogP contribution in [0.1, 0.15) is 12.0 Å². The monoisotopic (exact) mass is 272 g/mol. The number of rotatable bonds is 2. The van der Waals surface area contributed by atoms with Crippen LogP contribution in [0.3, 0.4) is 0 Å². The Bertz CT molecular complexity index is 615. The summed E-state index contributed by atoms with van der Waals surface area (Å²) >= 11 is 0. The van der Waals surface area contributed by atoms with Gasteiger partial charge in [-0.2, -0.15) is 0 Å². The zero-order valence-electron chi connectivity index (χ0n) is 11.2. The molecule has 4 heteroatoms. The summed E-state index contributed by atoms with van der Waals surface area (Å²) in [6, 6.07) is 12.7. The first-order valence-corrected chi connectivity index (χ1v) is 6.77. The summed E-state index contributed by atoms with van der Waals surface area (Å²) in [6.45, 7) is 1.83. The molecule has 20 heavy (non-hydrogen) atoms. The predicted octanol–water partition coefficient (Wildman–Crippen LogP) is 3.21. The second kappa shape index (κ2) is 5.51. The lowest BCUT2D eigenvalue weighted by atomic mass is 10.1. The highest BCUT2D eigenvalue weighted by Crippen LogP contribution is 2.37. The van der Waals surface area contributed by atoms with Crippen molar-refractivity contribution in [3.63, 3.8) is 0 Å². The Balaban J connectivity index is 2.10. The van der Waals surface area contributed by atoms with Crippen LogP contribution in [-0.2, 0) is 6.54 Å². The highest BCUT2D eigenvalue weighted by atomic mass is 19.1. The molecule has 3 nitrogen and oxygen atoms in total. The maximum absolute atomic E-state index is 13.4. The largest absolute Gasteiger partial charge is 0.491 e. The van der Waals surface area contributed by atoms with Crippen molar-refractivity contribution in [3.05, 3.63) is 53.8 Å². The molecule has 3 rings (SSSR count). The summed E-state index contributed by atoms with van der Waals surface area (Å²) in [7, 11) is 0. The number of ether oxygens (including phenoxy) is 1. The van der Waals surface area contributed by atoms with Gasteiger partial charge in [0.15, 0.2) is 0 Å². The third-order valence-electron chi connectivity index (χ3n) is 3.49. The van der Waals surface area contributed by atoms with Gasteiger partial charge in [-0.25, -0.2) is 4.39 Å². The van der Waals surface area contributed by atoms with Gasteiger partial charge in [0.05, 0.1) is 12.3 Å². The highest BCUT2D eigenvalue weighted by Gasteiger charge is 2.19. The summed E-state index contributed by atoms with van der Waals surface area (Å²) < 4.78 is 19.1. The number of nitrogens with zero attached hydrogens (tertiary/aromatic N) is 1. The van der Waals surface area contributed by atoms with Crippen molar-refractivity contribution < 1.29 is 9.13 Å². The molecule has 0 bridgehead atoms. The molecule has 1 aliphatic rings. The molecule has 0 saturated carbocycles. The first-order valence-electron chi connectivity index (χ1n) is 6.77. The molecule has 0 aromatic heterocycles. The molecule has 2 aromatic rings. The average molecular weight is 272 g/mol. The van der Waals surface area contributed by atoms with E-state index in [2.05, 4.69) is 4.90 Å². The molecule has 1 aliphatic heterocycles. The quantitative estimate of drug-likeness (QED) is 0.912. The van der Waals surface area contributed by atoms with E-state index in [0.29, 0.717) is 13.2 Å². The molecule has 0 atom stereocenters. The Hall–Kier alpha value is -2.07. The molecule has 0 aliphatic carbocycles. The van der Waals surface area contributed by atoms with Crippen LogP contribution < -0.4 is 15.4 Å². The molecular weight excluding hydrogens is 255 g/mol. The van der Waals surface area contributed by atoms with Crippen LogP contribution >= 0.6 is 0 Å². The minimum atomic E-state index is -0.256. The Labute approximate surface area is 117 Å². The lowest BCUT2D eigenvalue weighted by molar-refractivity contribution is 0.322. The van der Waals surface area contributed by atoms with Crippen LogP contribution in [0.5, 0.6) is 5.75 Å². The molecule has 2 aromatic carbocycles. The second-order valence-corrected chi connectivity index (χ2v) is 4.80. The fourth-order valence-corrected chi connectivity index (χ4v) is 2.56. The van der Waals surface area contributed by atoms with Crippen LogP contribution in [-0.4, -0.2) is 13.2 Å². The molecule has 1 heterocycles. The molecular formula is C16H17FN2O. The van der Waals surface area contributed by atoms with Crippen LogP contribution in [0.4, 0.5) is 15.8 Å². The summed E-state index contributed by atoms with van der Waals surface area (Å²) in [6.07, 6.45) is 0.913. The summed E-state index contributed by atoms with van der Waals surface area (Å²) in [5, 5.41) is 0. The highest BCUT2D eigenvalue weighted by molar-refractivity contribution is 5.71. The molecule has 2 N–H and O–H groups in total. The molecule has 104 valence electrons. The van der Waals surface area contributed by atoms with E-state index >= 15 is 0 Å². The Morgan fingerprint density at radius 3 is 2.85 bits per heavy atom. The zero-order valence-corrected chi connectivity index (χ0v) is 11.2. The fourth-order valence-electron chi connectivity index (χ4n) is 2.56. The Kier molecular flexibility index (Phi) is 3.56. The van der Waals surface area contributed by atoms with Gasteiger partial charge in [-0.1, -0.05) is 12.1 Å². The third-order valence-corrected chi connectivity index (χ3v) is 3.49. The summed E-state index contributed by atoms with van der Waals surface area (Å²) in [5.74, 6) is 0.603. The summed E-state index contributed by atoms with van der Waals surface area (Å²) in [4.78, 5) is 2.16. The number of hydrogen-bond acceptors (Lipinski definition) is 3. The van der Waals surface area contributed by atoms with Gasteiger partial charge >= 0.3 is 0 Å². The van der Waals surface area contributed by atoms with Crippen molar-refractivity contribution in [2.24, 2.45) is 5.73 Å². The smallest absolute Gasteiger partial charge is 0.142 e. The SMILES string of the molecule is NCc1cc(F)ccc1N1CCCOc2ccccc21. The Morgan fingerprint density at radius 1 is 1.15 bits per heavy atom. The van der Waals surface area contributed by atoms with Crippen molar-refractivity contribution in [2.45, 2.75) is 13.0 Å².